The summed E-state index contributed by atoms with van der Waals surface area (Å²) >= 11 is 0. The minimum atomic E-state index is -4.52. The standard InChI is InChI=1S/C11H15F3N2O2/c1-16-5-9(17)10(18)7-4-6(11(12,13)14)2-3-8(7)15/h2-4,9-10,16-18H,5,15H2,1H3. The summed E-state index contributed by atoms with van der Waals surface area (Å²) in [5.41, 5.74) is 4.47. The lowest BCUT2D eigenvalue weighted by Gasteiger charge is -2.20. The van der Waals surface area contributed by atoms with Crippen LogP contribution in [0.4, 0.5) is 18.9 Å². The molecule has 0 fully saturated rings. The molecular weight excluding hydrogens is 249 g/mol. The Hall–Kier alpha value is -1.31. The Labute approximate surface area is 102 Å². The second-order valence-corrected chi connectivity index (χ2v) is 3.91. The molecule has 0 amide bonds. The number of aliphatic hydroxyl groups excluding tert-OH is 2. The van der Waals surface area contributed by atoms with Crippen molar-refractivity contribution in [1.29, 1.82) is 0 Å². The third kappa shape index (κ3) is 3.34. The number of aliphatic hydroxyl groups is 2. The normalized spacial score (nSPS) is 15.4. The van der Waals surface area contributed by atoms with E-state index in [1.54, 1.807) is 7.05 Å². The van der Waals surface area contributed by atoms with Crippen molar-refractivity contribution in [3.05, 3.63) is 29.3 Å². The summed E-state index contributed by atoms with van der Waals surface area (Å²) in [6.07, 6.45) is -7.23. The van der Waals surface area contributed by atoms with Gasteiger partial charge in [0, 0.05) is 17.8 Å². The molecular formula is C11H15F3N2O2. The zero-order chi connectivity index (χ0) is 13.9. The molecule has 0 radical (unpaired) electrons. The summed E-state index contributed by atoms with van der Waals surface area (Å²) in [4.78, 5) is 0. The zero-order valence-corrected chi connectivity index (χ0v) is 9.70. The number of nitrogens with one attached hydrogen (secondary N) is 1. The van der Waals surface area contributed by atoms with E-state index in [1.165, 1.54) is 0 Å². The number of nitrogen functional groups attached to an aromatic ring is 1. The Bertz CT molecular complexity index is 410. The van der Waals surface area contributed by atoms with Crippen LogP contribution >= 0.6 is 0 Å². The van der Waals surface area contributed by atoms with Crippen LogP contribution in [-0.4, -0.2) is 29.9 Å². The highest BCUT2D eigenvalue weighted by molar-refractivity contribution is 5.50. The third-order valence-electron chi connectivity index (χ3n) is 2.51. The number of alkyl halides is 3. The number of halogens is 3. The highest BCUT2D eigenvalue weighted by Crippen LogP contribution is 2.33. The molecule has 5 N–H and O–H groups in total. The van der Waals surface area contributed by atoms with Crippen LogP contribution in [0.2, 0.25) is 0 Å². The molecule has 0 aliphatic rings. The lowest BCUT2D eigenvalue weighted by molar-refractivity contribution is -0.137. The van der Waals surface area contributed by atoms with E-state index in [0.29, 0.717) is 0 Å². The summed E-state index contributed by atoms with van der Waals surface area (Å²) in [6, 6.07) is 2.64. The molecule has 0 saturated heterocycles. The number of nitrogens with two attached hydrogens (primary N) is 1. The average Bonchev–Trinajstić information content (AvgIpc) is 2.27. The Balaban J connectivity index is 3.08. The van der Waals surface area contributed by atoms with Crippen LogP contribution in [0.1, 0.15) is 17.2 Å². The molecule has 18 heavy (non-hydrogen) atoms. The highest BCUT2D eigenvalue weighted by Gasteiger charge is 2.32. The first-order chi connectivity index (χ1) is 8.27. The fourth-order valence-corrected chi connectivity index (χ4v) is 1.54. The second-order valence-electron chi connectivity index (χ2n) is 3.91. The van der Waals surface area contributed by atoms with Gasteiger partial charge >= 0.3 is 6.18 Å². The fourth-order valence-electron chi connectivity index (χ4n) is 1.54. The maximum absolute atomic E-state index is 12.5. The molecule has 102 valence electrons. The number of benzene rings is 1. The summed E-state index contributed by atoms with van der Waals surface area (Å²) in [7, 11) is 1.55. The molecule has 0 heterocycles. The molecule has 1 aromatic rings. The van der Waals surface area contributed by atoms with Gasteiger partial charge in [-0.2, -0.15) is 13.2 Å². The number of hydrogen-bond acceptors (Lipinski definition) is 4. The molecule has 2 unspecified atom stereocenters. The summed E-state index contributed by atoms with van der Waals surface area (Å²) in [5.74, 6) is 0. The quantitative estimate of drug-likeness (QED) is 0.609. The van der Waals surface area contributed by atoms with Crippen LogP contribution in [0.5, 0.6) is 0 Å². The lowest BCUT2D eigenvalue weighted by Crippen LogP contribution is -2.30. The highest BCUT2D eigenvalue weighted by atomic mass is 19.4. The van der Waals surface area contributed by atoms with Crippen molar-refractivity contribution in [3.8, 4) is 0 Å². The number of rotatable bonds is 4. The maximum atomic E-state index is 12.5. The summed E-state index contributed by atoms with van der Waals surface area (Å²) in [6.45, 7) is 0.0385. The molecule has 1 rings (SSSR count). The SMILES string of the molecule is CNCC(O)C(O)c1cc(C(F)(F)F)ccc1N. The molecule has 4 nitrogen and oxygen atoms in total. The van der Waals surface area contributed by atoms with Gasteiger partial charge in [0.15, 0.2) is 0 Å². The zero-order valence-electron chi connectivity index (χ0n) is 9.70. The van der Waals surface area contributed by atoms with E-state index < -0.39 is 23.9 Å². The van der Waals surface area contributed by atoms with Crippen molar-refractivity contribution in [1.82, 2.24) is 5.32 Å². The van der Waals surface area contributed by atoms with Crippen LogP contribution in [-0.2, 0) is 6.18 Å². The maximum Gasteiger partial charge on any atom is 0.416 e. The van der Waals surface area contributed by atoms with Crippen molar-refractivity contribution >= 4 is 5.69 Å². The van der Waals surface area contributed by atoms with E-state index in [-0.39, 0.29) is 17.8 Å². The van der Waals surface area contributed by atoms with Gasteiger partial charge < -0.3 is 21.3 Å². The van der Waals surface area contributed by atoms with Gasteiger partial charge in [0.05, 0.1) is 11.7 Å². The molecule has 0 spiro atoms. The molecule has 0 aliphatic carbocycles. The Kier molecular flexibility index (Phi) is 4.55. The molecule has 0 aliphatic heterocycles. The van der Waals surface area contributed by atoms with E-state index >= 15 is 0 Å². The largest absolute Gasteiger partial charge is 0.416 e. The minimum absolute atomic E-state index is 0.00523. The van der Waals surface area contributed by atoms with Gasteiger partial charge in [-0.1, -0.05) is 0 Å². The van der Waals surface area contributed by atoms with Gasteiger partial charge in [-0.15, -0.1) is 0 Å². The fraction of sp³-hybridized carbons (Fsp3) is 0.455. The number of anilines is 1. The van der Waals surface area contributed by atoms with Crippen molar-refractivity contribution < 1.29 is 23.4 Å². The molecule has 0 bridgehead atoms. The molecule has 0 aromatic heterocycles. The van der Waals surface area contributed by atoms with Gasteiger partial charge in [-0.05, 0) is 25.2 Å². The summed E-state index contributed by atoms with van der Waals surface area (Å²) in [5, 5.41) is 21.9. The Morgan fingerprint density at radius 1 is 1.33 bits per heavy atom. The van der Waals surface area contributed by atoms with Crippen molar-refractivity contribution in [2.75, 3.05) is 19.3 Å². The van der Waals surface area contributed by atoms with Crippen LogP contribution in [0.15, 0.2) is 18.2 Å². The van der Waals surface area contributed by atoms with E-state index in [4.69, 9.17) is 5.73 Å². The first-order valence-corrected chi connectivity index (χ1v) is 5.24. The van der Waals surface area contributed by atoms with Crippen molar-refractivity contribution in [3.63, 3.8) is 0 Å². The van der Waals surface area contributed by atoms with Crippen molar-refractivity contribution in [2.45, 2.75) is 18.4 Å². The monoisotopic (exact) mass is 264 g/mol. The third-order valence-corrected chi connectivity index (χ3v) is 2.51. The predicted molar refractivity (Wildman–Crippen MR) is 60.7 cm³/mol. The number of hydrogen-bond donors (Lipinski definition) is 4. The average molecular weight is 264 g/mol. The minimum Gasteiger partial charge on any atom is -0.398 e. The van der Waals surface area contributed by atoms with Gasteiger partial charge in [-0.3, -0.25) is 0 Å². The first kappa shape index (κ1) is 14.7. The molecule has 1 aromatic carbocycles. The second kappa shape index (κ2) is 5.55. The summed E-state index contributed by atoms with van der Waals surface area (Å²) < 4.78 is 37.5. The molecule has 2 atom stereocenters. The molecule has 0 saturated carbocycles. The van der Waals surface area contributed by atoms with E-state index in [0.717, 1.165) is 18.2 Å². The van der Waals surface area contributed by atoms with Crippen LogP contribution in [0, 0.1) is 0 Å². The van der Waals surface area contributed by atoms with Gasteiger partial charge in [0.25, 0.3) is 0 Å². The van der Waals surface area contributed by atoms with Crippen LogP contribution in [0.25, 0.3) is 0 Å². The Morgan fingerprint density at radius 2 is 1.94 bits per heavy atom. The van der Waals surface area contributed by atoms with Gasteiger partial charge in [-0.25, -0.2) is 0 Å². The van der Waals surface area contributed by atoms with Gasteiger partial charge in [0.1, 0.15) is 6.10 Å². The predicted octanol–water partition coefficient (Wildman–Crippen LogP) is 0.901. The molecule has 7 heteroatoms. The lowest BCUT2D eigenvalue weighted by atomic mass is 9.99. The van der Waals surface area contributed by atoms with E-state index in [9.17, 15) is 23.4 Å². The van der Waals surface area contributed by atoms with Crippen LogP contribution in [0.3, 0.4) is 0 Å². The van der Waals surface area contributed by atoms with E-state index in [2.05, 4.69) is 5.32 Å². The van der Waals surface area contributed by atoms with Gasteiger partial charge in [0.2, 0.25) is 0 Å². The van der Waals surface area contributed by atoms with Crippen molar-refractivity contribution in [2.24, 2.45) is 0 Å². The number of likely N-dealkylation sites (N-methyl/N-ethyl adjacent to an activating group) is 1. The Morgan fingerprint density at radius 3 is 2.44 bits per heavy atom. The van der Waals surface area contributed by atoms with Crippen LogP contribution < -0.4 is 11.1 Å². The van der Waals surface area contributed by atoms with E-state index in [1.807, 2.05) is 0 Å². The first-order valence-electron chi connectivity index (χ1n) is 5.24. The smallest absolute Gasteiger partial charge is 0.398 e. The topological polar surface area (TPSA) is 78.5 Å².